The number of carboxylic acid groups (broad SMARTS) is 1. The number of nitrogens with zero attached hydrogens (tertiary/aromatic N) is 1. The molecule has 0 saturated carbocycles. The van der Waals surface area contributed by atoms with E-state index in [1.54, 1.807) is 18.3 Å². The van der Waals surface area contributed by atoms with Crippen molar-refractivity contribution in [2.45, 2.75) is 6.54 Å². The first-order valence-corrected chi connectivity index (χ1v) is 7.19. The largest absolute Gasteiger partial charge is 0.478 e. The van der Waals surface area contributed by atoms with E-state index < -0.39 is 12.0 Å². The molecule has 0 aliphatic heterocycles. The molecule has 0 unspecified atom stereocenters. The first kappa shape index (κ1) is 14.5. The molecule has 0 spiro atoms. The number of carbonyl (C=O) groups excluding carboxylic acids is 1. The fourth-order valence-corrected chi connectivity index (χ4v) is 2.41. The number of urea groups is 1. The summed E-state index contributed by atoms with van der Waals surface area (Å²) >= 11 is 4.58. The Balaban J connectivity index is 1.97. The highest BCUT2D eigenvalue weighted by Gasteiger charge is 2.10. The van der Waals surface area contributed by atoms with Gasteiger partial charge in [-0.05, 0) is 34.1 Å². The lowest BCUT2D eigenvalue weighted by Crippen LogP contribution is -2.28. The van der Waals surface area contributed by atoms with Gasteiger partial charge in [-0.3, -0.25) is 0 Å². The Morgan fingerprint density at radius 1 is 1.40 bits per heavy atom. The number of hydrogen-bond acceptors (Lipinski definition) is 4. The van der Waals surface area contributed by atoms with Gasteiger partial charge in [-0.15, -0.1) is 11.3 Å². The van der Waals surface area contributed by atoms with Gasteiger partial charge in [0.05, 0.1) is 12.1 Å². The highest BCUT2D eigenvalue weighted by Crippen LogP contribution is 2.21. The normalized spacial score (nSPS) is 10.1. The Morgan fingerprint density at radius 2 is 2.20 bits per heavy atom. The molecule has 0 saturated heterocycles. The molecule has 8 heteroatoms. The van der Waals surface area contributed by atoms with Crippen molar-refractivity contribution in [2.75, 3.05) is 5.32 Å². The van der Waals surface area contributed by atoms with Gasteiger partial charge >= 0.3 is 12.0 Å². The molecule has 1 aromatic carbocycles. The average Bonchev–Trinajstić information content (AvgIpc) is 2.91. The van der Waals surface area contributed by atoms with E-state index in [1.165, 1.54) is 17.4 Å². The lowest BCUT2D eigenvalue weighted by molar-refractivity contribution is 0.0696. The zero-order valence-electron chi connectivity index (χ0n) is 10.1. The SMILES string of the molecule is O=C(NCc1nccs1)Nc1ccc(Br)c(C(=O)O)c1. The van der Waals surface area contributed by atoms with Crippen LogP contribution in [0, 0.1) is 0 Å². The molecule has 2 aromatic rings. The van der Waals surface area contributed by atoms with Crippen molar-refractivity contribution in [2.24, 2.45) is 0 Å². The number of aromatic carboxylic acids is 1. The number of nitrogens with one attached hydrogen (secondary N) is 2. The third kappa shape index (κ3) is 3.78. The molecular weight excluding hydrogens is 346 g/mol. The molecule has 1 aromatic heterocycles. The average molecular weight is 356 g/mol. The number of amides is 2. The zero-order chi connectivity index (χ0) is 14.5. The highest BCUT2D eigenvalue weighted by atomic mass is 79.9. The quantitative estimate of drug-likeness (QED) is 0.786. The number of carbonyl (C=O) groups is 2. The summed E-state index contributed by atoms with van der Waals surface area (Å²) in [6, 6.07) is 4.15. The number of benzene rings is 1. The first-order chi connectivity index (χ1) is 9.56. The number of carboxylic acids is 1. The number of aromatic nitrogens is 1. The maximum Gasteiger partial charge on any atom is 0.336 e. The monoisotopic (exact) mass is 355 g/mol. The van der Waals surface area contributed by atoms with Gasteiger partial charge in [-0.25, -0.2) is 14.6 Å². The third-order valence-electron chi connectivity index (χ3n) is 2.34. The Hall–Kier alpha value is -1.93. The van der Waals surface area contributed by atoms with E-state index >= 15 is 0 Å². The second-order valence-corrected chi connectivity index (χ2v) is 5.57. The summed E-state index contributed by atoms with van der Waals surface area (Å²) in [5.41, 5.74) is 0.491. The zero-order valence-corrected chi connectivity index (χ0v) is 12.5. The maximum absolute atomic E-state index is 11.7. The standard InChI is InChI=1S/C12H10BrN3O3S/c13-9-2-1-7(5-8(9)11(17)18)16-12(19)15-6-10-14-3-4-20-10/h1-5H,6H2,(H,17,18)(H2,15,16,19). The van der Waals surface area contributed by atoms with Crippen molar-refractivity contribution in [3.63, 3.8) is 0 Å². The number of anilines is 1. The summed E-state index contributed by atoms with van der Waals surface area (Å²) in [6.45, 7) is 0.325. The smallest absolute Gasteiger partial charge is 0.336 e. The number of hydrogen-bond donors (Lipinski definition) is 3. The summed E-state index contributed by atoms with van der Waals surface area (Å²) in [5.74, 6) is -1.07. The fourth-order valence-electron chi connectivity index (χ4n) is 1.44. The van der Waals surface area contributed by atoms with Crippen LogP contribution in [0.15, 0.2) is 34.2 Å². The molecule has 1 heterocycles. The molecule has 2 amide bonds. The molecule has 0 fully saturated rings. The van der Waals surface area contributed by atoms with E-state index in [9.17, 15) is 9.59 Å². The lowest BCUT2D eigenvalue weighted by Gasteiger charge is -2.08. The summed E-state index contributed by atoms with van der Waals surface area (Å²) in [7, 11) is 0. The van der Waals surface area contributed by atoms with Crippen molar-refractivity contribution in [1.82, 2.24) is 10.3 Å². The van der Waals surface area contributed by atoms with Crippen LogP contribution in [-0.2, 0) is 6.54 Å². The molecular formula is C12H10BrN3O3S. The van der Waals surface area contributed by atoms with Crippen LogP contribution in [0.5, 0.6) is 0 Å². The Labute approximate surface area is 127 Å². The number of halogens is 1. The van der Waals surface area contributed by atoms with E-state index in [-0.39, 0.29) is 5.56 Å². The predicted molar refractivity (Wildman–Crippen MR) is 79.1 cm³/mol. The minimum Gasteiger partial charge on any atom is -0.478 e. The summed E-state index contributed by atoms with van der Waals surface area (Å²) in [4.78, 5) is 26.7. The van der Waals surface area contributed by atoms with Gasteiger partial charge in [-0.2, -0.15) is 0 Å². The van der Waals surface area contributed by atoms with Crippen LogP contribution in [0.4, 0.5) is 10.5 Å². The van der Waals surface area contributed by atoms with E-state index in [4.69, 9.17) is 5.11 Å². The molecule has 2 rings (SSSR count). The first-order valence-electron chi connectivity index (χ1n) is 5.52. The van der Waals surface area contributed by atoms with Gasteiger partial charge < -0.3 is 15.7 Å². The number of rotatable bonds is 4. The summed E-state index contributed by atoms with van der Waals surface area (Å²) in [5, 5.41) is 16.8. The molecule has 0 aliphatic rings. The fraction of sp³-hybridized carbons (Fsp3) is 0.0833. The summed E-state index contributed by atoms with van der Waals surface area (Å²) < 4.78 is 0.457. The van der Waals surface area contributed by atoms with E-state index in [1.807, 2.05) is 5.38 Å². The van der Waals surface area contributed by atoms with Crippen molar-refractivity contribution < 1.29 is 14.7 Å². The van der Waals surface area contributed by atoms with Crippen LogP contribution in [0.3, 0.4) is 0 Å². The van der Waals surface area contributed by atoms with Crippen LogP contribution in [0.2, 0.25) is 0 Å². The van der Waals surface area contributed by atoms with Crippen molar-refractivity contribution >= 4 is 45.0 Å². The number of thiazole rings is 1. The van der Waals surface area contributed by atoms with Crippen LogP contribution in [-0.4, -0.2) is 22.1 Å². The van der Waals surface area contributed by atoms with Crippen LogP contribution in [0.1, 0.15) is 15.4 Å². The van der Waals surface area contributed by atoms with Gasteiger partial charge in [0.15, 0.2) is 0 Å². The van der Waals surface area contributed by atoms with Crippen LogP contribution >= 0.6 is 27.3 Å². The van der Waals surface area contributed by atoms with Gasteiger partial charge in [0.25, 0.3) is 0 Å². The van der Waals surface area contributed by atoms with Gasteiger partial charge in [0, 0.05) is 21.7 Å². The van der Waals surface area contributed by atoms with Gasteiger partial charge in [0.1, 0.15) is 5.01 Å². The van der Waals surface area contributed by atoms with Crippen LogP contribution < -0.4 is 10.6 Å². The summed E-state index contributed by atoms with van der Waals surface area (Å²) in [6.07, 6.45) is 1.66. The second-order valence-electron chi connectivity index (χ2n) is 3.73. The predicted octanol–water partition coefficient (Wildman–Crippen LogP) is 2.93. The van der Waals surface area contributed by atoms with E-state index in [0.717, 1.165) is 5.01 Å². The minimum atomic E-state index is -1.07. The minimum absolute atomic E-state index is 0.0859. The molecule has 0 bridgehead atoms. The molecule has 0 aliphatic carbocycles. The Kier molecular flexibility index (Phi) is 4.70. The molecule has 0 radical (unpaired) electrons. The van der Waals surface area contributed by atoms with E-state index in [0.29, 0.717) is 16.7 Å². The lowest BCUT2D eigenvalue weighted by atomic mass is 10.2. The second kappa shape index (κ2) is 6.49. The molecule has 0 atom stereocenters. The van der Waals surface area contributed by atoms with E-state index in [2.05, 4.69) is 31.5 Å². The third-order valence-corrected chi connectivity index (χ3v) is 3.81. The van der Waals surface area contributed by atoms with Crippen molar-refractivity contribution in [1.29, 1.82) is 0 Å². The highest BCUT2D eigenvalue weighted by molar-refractivity contribution is 9.10. The van der Waals surface area contributed by atoms with Crippen molar-refractivity contribution in [3.8, 4) is 0 Å². The van der Waals surface area contributed by atoms with Gasteiger partial charge in [0.2, 0.25) is 0 Å². The topological polar surface area (TPSA) is 91.3 Å². The van der Waals surface area contributed by atoms with Crippen molar-refractivity contribution in [3.05, 3.63) is 44.8 Å². The molecule has 3 N–H and O–H groups in total. The Morgan fingerprint density at radius 3 is 2.85 bits per heavy atom. The maximum atomic E-state index is 11.7. The Bertz CT molecular complexity index is 631. The van der Waals surface area contributed by atoms with Gasteiger partial charge in [-0.1, -0.05) is 0 Å². The molecule has 104 valence electrons. The van der Waals surface area contributed by atoms with Crippen LogP contribution in [0.25, 0.3) is 0 Å². The molecule has 6 nitrogen and oxygen atoms in total. The molecule has 20 heavy (non-hydrogen) atoms.